The topological polar surface area (TPSA) is 94.5 Å². The van der Waals surface area contributed by atoms with E-state index in [4.69, 9.17) is 0 Å². The van der Waals surface area contributed by atoms with Crippen LogP contribution in [0.5, 0.6) is 0 Å². The second kappa shape index (κ2) is 7.54. The Morgan fingerprint density at radius 3 is 2.68 bits per heavy atom. The number of carbonyl (C=O) groups is 1. The molecule has 0 bridgehead atoms. The fourth-order valence-corrected chi connectivity index (χ4v) is 2.80. The van der Waals surface area contributed by atoms with E-state index in [1.54, 1.807) is 36.8 Å². The summed E-state index contributed by atoms with van der Waals surface area (Å²) in [5.41, 5.74) is 1.32. The summed E-state index contributed by atoms with van der Waals surface area (Å²) in [6.45, 7) is 1.68. The van der Waals surface area contributed by atoms with Crippen LogP contribution in [0.2, 0.25) is 0 Å². The van der Waals surface area contributed by atoms with E-state index in [-0.39, 0.29) is 11.9 Å². The molecule has 3 heterocycles. The number of rotatable bonds is 5. The lowest BCUT2D eigenvalue weighted by molar-refractivity contribution is 0.0883. The Balaban J connectivity index is 1.57. The van der Waals surface area contributed by atoms with Gasteiger partial charge in [-0.25, -0.2) is 9.97 Å². The summed E-state index contributed by atoms with van der Waals surface area (Å²) in [7, 11) is 3.78. The normalized spacial score (nSPS) is 20.4. The largest absolute Gasteiger partial charge is 0.390 e. The molecule has 3 rings (SSSR count). The van der Waals surface area contributed by atoms with Crippen molar-refractivity contribution in [2.45, 2.75) is 18.7 Å². The summed E-state index contributed by atoms with van der Waals surface area (Å²) >= 11 is 0. The molecule has 1 aliphatic heterocycles. The van der Waals surface area contributed by atoms with Crippen LogP contribution in [0.1, 0.15) is 16.1 Å². The van der Waals surface area contributed by atoms with Gasteiger partial charge in [0.2, 0.25) is 5.95 Å². The van der Waals surface area contributed by atoms with E-state index in [1.165, 1.54) is 0 Å². The summed E-state index contributed by atoms with van der Waals surface area (Å²) in [4.78, 5) is 28.7. The number of hydrogen-bond donors (Lipinski definition) is 2. The average molecular weight is 342 g/mol. The predicted octanol–water partition coefficient (Wildman–Crippen LogP) is -0.0873. The van der Waals surface area contributed by atoms with Crippen molar-refractivity contribution in [2.75, 3.05) is 32.1 Å². The van der Waals surface area contributed by atoms with Crippen LogP contribution in [0.15, 0.2) is 36.8 Å². The summed E-state index contributed by atoms with van der Waals surface area (Å²) in [5, 5.41) is 13.1. The SMILES string of the molecule is CN(C)c1ncc(CN2C[C@@H](O)[C@H](NC(=O)c3ccccn3)C2)cn1. The van der Waals surface area contributed by atoms with Gasteiger partial charge in [-0.05, 0) is 12.1 Å². The average Bonchev–Trinajstić information content (AvgIpc) is 2.95. The first-order valence-corrected chi connectivity index (χ1v) is 8.13. The predicted molar refractivity (Wildman–Crippen MR) is 93.1 cm³/mol. The fourth-order valence-electron chi connectivity index (χ4n) is 2.80. The Hall–Kier alpha value is -2.58. The highest BCUT2D eigenvalue weighted by molar-refractivity contribution is 5.92. The number of carbonyl (C=O) groups excluding carboxylic acids is 1. The molecule has 8 nitrogen and oxygen atoms in total. The van der Waals surface area contributed by atoms with Crippen LogP contribution in [0.3, 0.4) is 0 Å². The summed E-state index contributed by atoms with van der Waals surface area (Å²) in [6.07, 6.45) is 4.53. The molecule has 132 valence electrons. The highest BCUT2D eigenvalue weighted by atomic mass is 16.3. The van der Waals surface area contributed by atoms with Gasteiger partial charge in [0.25, 0.3) is 5.91 Å². The number of anilines is 1. The zero-order chi connectivity index (χ0) is 17.8. The lowest BCUT2D eigenvalue weighted by Gasteiger charge is -2.17. The zero-order valence-corrected chi connectivity index (χ0v) is 14.3. The molecule has 2 atom stereocenters. The number of aliphatic hydroxyl groups is 1. The Bertz CT molecular complexity index is 707. The second-order valence-corrected chi connectivity index (χ2v) is 6.34. The standard InChI is InChI=1S/C17H22N6O2/c1-22(2)17-19-7-12(8-20-17)9-23-10-14(15(24)11-23)21-16(25)13-5-3-4-6-18-13/h3-8,14-15,24H,9-11H2,1-2H3,(H,21,25)/t14-,15-/m1/s1. The number of likely N-dealkylation sites (tertiary alicyclic amines) is 1. The monoisotopic (exact) mass is 342 g/mol. The van der Waals surface area contributed by atoms with Gasteiger partial charge < -0.3 is 15.3 Å². The Labute approximate surface area is 146 Å². The molecule has 0 spiro atoms. The molecule has 1 saturated heterocycles. The van der Waals surface area contributed by atoms with E-state index in [1.807, 2.05) is 19.0 Å². The third-order valence-corrected chi connectivity index (χ3v) is 4.08. The van der Waals surface area contributed by atoms with E-state index >= 15 is 0 Å². The number of aromatic nitrogens is 3. The summed E-state index contributed by atoms with van der Waals surface area (Å²) in [5.74, 6) is 0.385. The van der Waals surface area contributed by atoms with Crippen molar-refractivity contribution >= 4 is 11.9 Å². The number of β-amino-alcohol motifs (C(OH)–C–C–N with tert-alkyl or cyclic N) is 1. The van der Waals surface area contributed by atoms with Gasteiger partial charge in [-0.15, -0.1) is 0 Å². The molecule has 1 amide bonds. The molecule has 0 aliphatic carbocycles. The number of aliphatic hydroxyl groups excluding tert-OH is 1. The number of amides is 1. The van der Waals surface area contributed by atoms with Gasteiger partial charge >= 0.3 is 0 Å². The molecule has 0 radical (unpaired) electrons. The van der Waals surface area contributed by atoms with Gasteiger partial charge in [0.15, 0.2) is 0 Å². The smallest absolute Gasteiger partial charge is 0.270 e. The highest BCUT2D eigenvalue weighted by Crippen LogP contribution is 2.15. The van der Waals surface area contributed by atoms with Crippen LogP contribution in [0.25, 0.3) is 0 Å². The first-order chi connectivity index (χ1) is 12.0. The first kappa shape index (κ1) is 17.2. The summed E-state index contributed by atoms with van der Waals surface area (Å²) in [6, 6.07) is 4.85. The van der Waals surface area contributed by atoms with Gasteiger partial charge in [0.05, 0.1) is 12.1 Å². The molecule has 1 fully saturated rings. The number of hydrogen-bond acceptors (Lipinski definition) is 7. The minimum atomic E-state index is -0.616. The van der Waals surface area contributed by atoms with Crippen molar-refractivity contribution in [3.63, 3.8) is 0 Å². The van der Waals surface area contributed by atoms with Crippen molar-refractivity contribution in [2.24, 2.45) is 0 Å². The number of nitrogens with one attached hydrogen (secondary N) is 1. The molecular weight excluding hydrogens is 320 g/mol. The van der Waals surface area contributed by atoms with Crippen molar-refractivity contribution < 1.29 is 9.90 Å². The molecule has 25 heavy (non-hydrogen) atoms. The van der Waals surface area contributed by atoms with E-state index in [2.05, 4.69) is 25.2 Å². The molecule has 0 unspecified atom stereocenters. The van der Waals surface area contributed by atoms with Crippen LogP contribution >= 0.6 is 0 Å². The maximum Gasteiger partial charge on any atom is 0.270 e. The van der Waals surface area contributed by atoms with Gasteiger partial charge in [-0.2, -0.15) is 0 Å². The summed E-state index contributed by atoms with van der Waals surface area (Å²) < 4.78 is 0. The second-order valence-electron chi connectivity index (χ2n) is 6.34. The van der Waals surface area contributed by atoms with Gasteiger partial charge in [0.1, 0.15) is 5.69 Å². The Morgan fingerprint density at radius 2 is 2.04 bits per heavy atom. The van der Waals surface area contributed by atoms with Crippen molar-refractivity contribution in [3.05, 3.63) is 48.0 Å². The zero-order valence-electron chi connectivity index (χ0n) is 14.3. The van der Waals surface area contributed by atoms with Crippen molar-refractivity contribution in [3.8, 4) is 0 Å². The minimum Gasteiger partial charge on any atom is -0.390 e. The molecule has 2 aromatic heterocycles. The lowest BCUT2D eigenvalue weighted by Crippen LogP contribution is -2.43. The number of pyridine rings is 1. The molecule has 0 saturated carbocycles. The fraction of sp³-hybridized carbons (Fsp3) is 0.412. The van der Waals surface area contributed by atoms with Crippen LogP contribution in [0.4, 0.5) is 5.95 Å². The van der Waals surface area contributed by atoms with E-state index in [9.17, 15) is 9.90 Å². The van der Waals surface area contributed by atoms with Gasteiger partial charge in [-0.3, -0.25) is 14.7 Å². The van der Waals surface area contributed by atoms with E-state index < -0.39 is 6.10 Å². The quantitative estimate of drug-likeness (QED) is 0.784. The maximum absolute atomic E-state index is 12.2. The van der Waals surface area contributed by atoms with Crippen molar-refractivity contribution in [1.29, 1.82) is 0 Å². The molecule has 8 heteroatoms. The van der Waals surface area contributed by atoms with E-state index in [0.29, 0.717) is 31.3 Å². The lowest BCUT2D eigenvalue weighted by atomic mass is 10.2. The van der Waals surface area contributed by atoms with Crippen molar-refractivity contribution in [1.82, 2.24) is 25.2 Å². The van der Waals surface area contributed by atoms with Gasteiger partial charge in [0, 0.05) is 57.9 Å². The molecule has 2 N–H and O–H groups in total. The first-order valence-electron chi connectivity index (χ1n) is 8.13. The van der Waals surface area contributed by atoms with Crippen LogP contribution in [-0.2, 0) is 6.54 Å². The molecule has 0 aromatic carbocycles. The van der Waals surface area contributed by atoms with Crippen LogP contribution in [0, 0.1) is 0 Å². The maximum atomic E-state index is 12.2. The van der Waals surface area contributed by atoms with Gasteiger partial charge in [-0.1, -0.05) is 6.07 Å². The third kappa shape index (κ3) is 4.28. The Kier molecular flexibility index (Phi) is 5.20. The minimum absolute atomic E-state index is 0.273. The van der Waals surface area contributed by atoms with Crippen LogP contribution < -0.4 is 10.2 Å². The van der Waals surface area contributed by atoms with Crippen LogP contribution in [-0.4, -0.2) is 70.2 Å². The Morgan fingerprint density at radius 1 is 1.28 bits per heavy atom. The third-order valence-electron chi connectivity index (χ3n) is 4.08. The molecule has 1 aliphatic rings. The highest BCUT2D eigenvalue weighted by Gasteiger charge is 2.32. The van der Waals surface area contributed by atoms with E-state index in [0.717, 1.165) is 5.56 Å². The molecular formula is C17H22N6O2. The molecule has 2 aromatic rings. The number of nitrogens with zero attached hydrogens (tertiary/aromatic N) is 5.